The Morgan fingerprint density at radius 1 is 1.32 bits per heavy atom. The number of nitrogens with one attached hydrogen (secondary N) is 1. The molecule has 0 spiro atoms. The van der Waals surface area contributed by atoms with Crippen LogP contribution < -0.4 is 21.9 Å². The van der Waals surface area contributed by atoms with Gasteiger partial charge in [-0.1, -0.05) is 30.3 Å². The minimum Gasteiger partial charge on any atom is -0.383 e. The van der Waals surface area contributed by atoms with Gasteiger partial charge in [-0.15, -0.1) is 11.3 Å². The van der Waals surface area contributed by atoms with Crippen LogP contribution in [0.15, 0.2) is 51.4 Å². The largest absolute Gasteiger partial charge is 0.383 e. The van der Waals surface area contributed by atoms with Crippen LogP contribution in [0.4, 0.5) is 11.5 Å². The molecule has 0 atom stereocenters. The predicted octanol–water partition coefficient (Wildman–Crippen LogP) is 1.61. The third kappa shape index (κ3) is 4.09. The Morgan fingerprint density at radius 3 is 2.68 bits per heavy atom. The second-order valence-corrected chi connectivity index (χ2v) is 7.15. The van der Waals surface area contributed by atoms with Gasteiger partial charge in [-0.25, -0.2) is 9.78 Å². The van der Waals surface area contributed by atoms with E-state index in [0.717, 1.165) is 15.5 Å². The standard InChI is InChI=1S/C19H19N5O3S/c1-12-21-14(11-28-12)8-9-15(25)23(2)16-17(20)24(19(27)22-18(16)26)10-13-6-4-3-5-7-13/h3-9,11H,10,20H2,1-2H3,(H,22,26,27)/b9-8+. The molecule has 2 heterocycles. The highest BCUT2D eigenvalue weighted by atomic mass is 32.1. The molecular formula is C19H19N5O3S. The fourth-order valence-electron chi connectivity index (χ4n) is 2.66. The number of thiazole rings is 1. The van der Waals surface area contributed by atoms with Crippen molar-refractivity contribution < 1.29 is 4.79 Å². The first-order valence-corrected chi connectivity index (χ1v) is 9.29. The molecule has 8 nitrogen and oxygen atoms in total. The monoisotopic (exact) mass is 397 g/mol. The highest BCUT2D eigenvalue weighted by Crippen LogP contribution is 2.17. The Morgan fingerprint density at radius 2 is 2.04 bits per heavy atom. The second kappa shape index (κ2) is 8.05. The van der Waals surface area contributed by atoms with Crippen molar-refractivity contribution in [2.45, 2.75) is 13.5 Å². The van der Waals surface area contributed by atoms with E-state index in [9.17, 15) is 14.4 Å². The molecule has 3 N–H and O–H groups in total. The first kappa shape index (κ1) is 19.3. The van der Waals surface area contributed by atoms with Crippen molar-refractivity contribution in [2.24, 2.45) is 0 Å². The van der Waals surface area contributed by atoms with Gasteiger partial charge < -0.3 is 10.6 Å². The molecule has 144 valence electrons. The summed E-state index contributed by atoms with van der Waals surface area (Å²) in [5, 5.41) is 2.70. The number of aryl methyl sites for hydroxylation is 1. The number of benzene rings is 1. The SMILES string of the molecule is Cc1nc(/C=C/C(=O)N(C)c2c(N)n(Cc3ccccc3)c(=O)[nH]c2=O)cs1. The summed E-state index contributed by atoms with van der Waals surface area (Å²) < 4.78 is 1.23. The van der Waals surface area contributed by atoms with E-state index >= 15 is 0 Å². The van der Waals surface area contributed by atoms with Gasteiger partial charge in [0.1, 0.15) is 5.82 Å². The average molecular weight is 397 g/mol. The molecule has 0 aliphatic rings. The summed E-state index contributed by atoms with van der Waals surface area (Å²) in [5.74, 6) is -0.542. The minimum absolute atomic E-state index is 0.0774. The number of aromatic amines is 1. The normalized spacial score (nSPS) is 11.1. The Balaban J connectivity index is 1.93. The lowest BCUT2D eigenvalue weighted by atomic mass is 10.2. The Labute approximate surface area is 164 Å². The van der Waals surface area contributed by atoms with Crippen LogP contribution in [0.25, 0.3) is 6.08 Å². The molecule has 0 bridgehead atoms. The lowest BCUT2D eigenvalue weighted by molar-refractivity contribution is -0.113. The quantitative estimate of drug-likeness (QED) is 0.635. The van der Waals surface area contributed by atoms with Crippen LogP contribution in [-0.4, -0.2) is 27.5 Å². The molecule has 0 saturated heterocycles. The van der Waals surface area contributed by atoms with Crippen molar-refractivity contribution >= 4 is 34.8 Å². The summed E-state index contributed by atoms with van der Waals surface area (Å²) >= 11 is 1.47. The maximum atomic E-state index is 12.5. The number of anilines is 2. The van der Waals surface area contributed by atoms with Gasteiger partial charge in [0.25, 0.3) is 11.5 Å². The van der Waals surface area contributed by atoms with Crippen molar-refractivity contribution in [1.29, 1.82) is 0 Å². The van der Waals surface area contributed by atoms with Crippen LogP contribution in [-0.2, 0) is 11.3 Å². The molecule has 0 aliphatic heterocycles. The Hall–Kier alpha value is -3.46. The second-order valence-electron chi connectivity index (χ2n) is 6.09. The number of rotatable bonds is 5. The van der Waals surface area contributed by atoms with Crippen LogP contribution in [0.3, 0.4) is 0 Å². The van der Waals surface area contributed by atoms with Crippen LogP contribution >= 0.6 is 11.3 Å². The van der Waals surface area contributed by atoms with Crippen LogP contribution in [0, 0.1) is 6.92 Å². The lowest BCUT2D eigenvalue weighted by Crippen LogP contribution is -2.39. The third-order valence-electron chi connectivity index (χ3n) is 4.10. The zero-order valence-electron chi connectivity index (χ0n) is 15.4. The summed E-state index contributed by atoms with van der Waals surface area (Å²) in [4.78, 5) is 44.6. The number of nitrogens with zero attached hydrogens (tertiary/aromatic N) is 3. The number of hydrogen-bond acceptors (Lipinski definition) is 6. The van der Waals surface area contributed by atoms with Gasteiger partial charge in [0.15, 0.2) is 5.69 Å². The highest BCUT2D eigenvalue weighted by Gasteiger charge is 2.19. The third-order valence-corrected chi connectivity index (χ3v) is 4.89. The zero-order chi connectivity index (χ0) is 20.3. The van der Waals surface area contributed by atoms with Crippen LogP contribution in [0.1, 0.15) is 16.3 Å². The van der Waals surface area contributed by atoms with Gasteiger partial charge in [0.05, 0.1) is 17.2 Å². The molecular weight excluding hydrogens is 378 g/mol. The molecule has 3 rings (SSSR count). The highest BCUT2D eigenvalue weighted by molar-refractivity contribution is 7.09. The van der Waals surface area contributed by atoms with Crippen LogP contribution in [0.5, 0.6) is 0 Å². The number of nitrogen functional groups attached to an aromatic ring is 1. The lowest BCUT2D eigenvalue weighted by Gasteiger charge is -2.19. The summed E-state index contributed by atoms with van der Waals surface area (Å²) in [6.45, 7) is 2.04. The maximum absolute atomic E-state index is 12.5. The molecule has 3 aromatic rings. The maximum Gasteiger partial charge on any atom is 0.330 e. The van der Waals surface area contributed by atoms with Gasteiger partial charge in [0.2, 0.25) is 0 Å². The fourth-order valence-corrected chi connectivity index (χ4v) is 3.24. The molecule has 0 aliphatic carbocycles. The van der Waals surface area contributed by atoms with Gasteiger partial charge in [-0.2, -0.15) is 0 Å². The molecule has 9 heteroatoms. The first-order chi connectivity index (χ1) is 13.4. The number of nitrogens with two attached hydrogens (primary N) is 1. The molecule has 2 aromatic heterocycles. The van der Waals surface area contributed by atoms with Crippen molar-refractivity contribution in [3.8, 4) is 0 Å². The van der Waals surface area contributed by atoms with E-state index in [1.165, 1.54) is 29.0 Å². The molecule has 1 amide bonds. The van der Waals surface area contributed by atoms with Crippen molar-refractivity contribution in [2.75, 3.05) is 17.7 Å². The molecule has 28 heavy (non-hydrogen) atoms. The minimum atomic E-state index is -0.722. The summed E-state index contributed by atoms with van der Waals surface area (Å²) in [7, 11) is 1.43. The summed E-state index contributed by atoms with van der Waals surface area (Å²) in [5.41, 5.74) is 6.14. The van der Waals surface area contributed by atoms with E-state index in [-0.39, 0.29) is 18.1 Å². The van der Waals surface area contributed by atoms with E-state index in [1.54, 1.807) is 6.08 Å². The number of carbonyl (C=O) groups excluding carboxylic acids is 1. The van der Waals surface area contributed by atoms with E-state index in [0.29, 0.717) is 5.69 Å². The van der Waals surface area contributed by atoms with Gasteiger partial charge in [-0.3, -0.25) is 19.1 Å². The Bertz CT molecular complexity index is 1140. The molecule has 0 unspecified atom stereocenters. The number of amides is 1. The predicted molar refractivity (Wildman–Crippen MR) is 111 cm³/mol. The van der Waals surface area contributed by atoms with Gasteiger partial charge in [-0.05, 0) is 18.6 Å². The average Bonchev–Trinajstić information content (AvgIpc) is 3.09. The topological polar surface area (TPSA) is 114 Å². The molecule has 1 aromatic carbocycles. The Kier molecular flexibility index (Phi) is 5.55. The van der Waals surface area contributed by atoms with Crippen molar-refractivity contribution in [1.82, 2.24) is 14.5 Å². The first-order valence-electron chi connectivity index (χ1n) is 8.41. The van der Waals surface area contributed by atoms with E-state index in [2.05, 4.69) is 9.97 Å². The number of carbonyl (C=O) groups is 1. The smallest absolute Gasteiger partial charge is 0.330 e. The molecule has 0 fully saturated rings. The van der Waals surface area contributed by atoms with E-state index < -0.39 is 17.2 Å². The number of H-pyrrole nitrogens is 1. The molecule has 0 radical (unpaired) electrons. The van der Waals surface area contributed by atoms with E-state index in [4.69, 9.17) is 5.73 Å². The van der Waals surface area contributed by atoms with Crippen molar-refractivity contribution in [3.05, 3.63) is 78.9 Å². The summed E-state index contributed by atoms with van der Waals surface area (Å²) in [6.07, 6.45) is 2.87. The van der Waals surface area contributed by atoms with Crippen LogP contribution in [0.2, 0.25) is 0 Å². The fraction of sp³-hybridized carbons (Fsp3) is 0.158. The number of aromatic nitrogens is 3. The van der Waals surface area contributed by atoms with Gasteiger partial charge >= 0.3 is 5.69 Å². The van der Waals surface area contributed by atoms with Gasteiger partial charge in [0, 0.05) is 18.5 Å². The van der Waals surface area contributed by atoms with E-state index in [1.807, 2.05) is 42.6 Å². The zero-order valence-corrected chi connectivity index (χ0v) is 16.2. The summed E-state index contributed by atoms with van der Waals surface area (Å²) in [6, 6.07) is 9.21. The molecule has 0 saturated carbocycles. The number of hydrogen-bond donors (Lipinski definition) is 2. The number of likely N-dealkylation sites (N-methyl/N-ethyl adjacent to an activating group) is 1. The van der Waals surface area contributed by atoms with Crippen molar-refractivity contribution in [3.63, 3.8) is 0 Å².